The van der Waals surface area contributed by atoms with Crippen LogP contribution in [0.5, 0.6) is 0 Å². The molecule has 1 aromatic heterocycles. The minimum absolute atomic E-state index is 0.275. The summed E-state index contributed by atoms with van der Waals surface area (Å²) < 4.78 is 14.5. The summed E-state index contributed by atoms with van der Waals surface area (Å²) in [5, 5.41) is 13.0. The van der Waals surface area contributed by atoms with E-state index < -0.39 is 5.82 Å². The number of nitrogens with zero attached hydrogens (tertiary/aromatic N) is 2. The maximum atomic E-state index is 13.9. The Kier molecular flexibility index (Phi) is 3.55. The Morgan fingerprint density at radius 1 is 1.14 bits per heavy atom. The number of benzene rings is 2. The zero-order valence-corrected chi connectivity index (χ0v) is 12.4. The lowest BCUT2D eigenvalue weighted by atomic mass is 10.1. The number of nitrogens with one attached hydrogen (secondary N) is 1. The molecule has 0 amide bonds. The van der Waals surface area contributed by atoms with Crippen molar-refractivity contribution >= 4 is 38.3 Å². The van der Waals surface area contributed by atoms with E-state index >= 15 is 0 Å². The number of anilines is 2. The molecular formula is C16H9BrFN3. The van der Waals surface area contributed by atoms with Crippen LogP contribution in [0.4, 0.5) is 15.9 Å². The van der Waals surface area contributed by atoms with E-state index in [0.717, 1.165) is 10.9 Å². The van der Waals surface area contributed by atoms with Gasteiger partial charge in [-0.25, -0.2) is 9.37 Å². The normalized spacial score (nSPS) is 10.3. The number of rotatable bonds is 2. The van der Waals surface area contributed by atoms with Crippen molar-refractivity contribution in [3.8, 4) is 6.07 Å². The second kappa shape index (κ2) is 5.51. The van der Waals surface area contributed by atoms with Crippen molar-refractivity contribution in [2.75, 3.05) is 5.32 Å². The molecule has 5 heteroatoms. The smallest absolute Gasteiger partial charge is 0.149 e. The van der Waals surface area contributed by atoms with Gasteiger partial charge >= 0.3 is 0 Å². The monoisotopic (exact) mass is 341 g/mol. The molecule has 0 aliphatic heterocycles. The minimum atomic E-state index is -0.414. The van der Waals surface area contributed by atoms with Gasteiger partial charge in [-0.15, -0.1) is 0 Å². The molecule has 0 saturated carbocycles. The Labute approximate surface area is 129 Å². The Bertz CT molecular complexity index is 871. The molecule has 0 spiro atoms. The summed E-state index contributed by atoms with van der Waals surface area (Å²) in [5.74, 6) is -0.0688. The molecule has 3 aromatic rings. The number of hydrogen-bond donors (Lipinski definition) is 1. The predicted octanol–water partition coefficient (Wildman–Crippen LogP) is 4.75. The van der Waals surface area contributed by atoms with E-state index in [9.17, 15) is 9.65 Å². The lowest BCUT2D eigenvalue weighted by Crippen LogP contribution is -1.99. The summed E-state index contributed by atoms with van der Waals surface area (Å²) in [7, 11) is 0. The lowest BCUT2D eigenvalue weighted by molar-refractivity contribution is 0.631. The Morgan fingerprint density at radius 2 is 1.95 bits per heavy atom. The van der Waals surface area contributed by atoms with Crippen LogP contribution >= 0.6 is 15.9 Å². The average Bonchev–Trinajstić information content (AvgIpc) is 2.49. The third-order valence-corrected chi connectivity index (χ3v) is 3.52. The zero-order chi connectivity index (χ0) is 14.8. The molecule has 1 heterocycles. The van der Waals surface area contributed by atoms with Crippen molar-refractivity contribution in [1.29, 1.82) is 5.26 Å². The van der Waals surface area contributed by atoms with Crippen LogP contribution in [0.3, 0.4) is 0 Å². The standard InChI is InChI=1S/C16H9BrFN3/c17-12-5-6-15(13(18)8-12)21-16-11(9-19)7-10-3-1-2-4-14(10)20-16/h1-8H,(H,20,21). The van der Waals surface area contributed by atoms with Gasteiger partial charge in [0.25, 0.3) is 0 Å². The zero-order valence-electron chi connectivity index (χ0n) is 10.8. The van der Waals surface area contributed by atoms with Crippen LogP contribution in [0, 0.1) is 17.1 Å². The first-order chi connectivity index (χ1) is 10.2. The predicted molar refractivity (Wildman–Crippen MR) is 83.8 cm³/mol. The second-order valence-corrected chi connectivity index (χ2v) is 5.35. The first-order valence-electron chi connectivity index (χ1n) is 6.19. The number of nitriles is 1. The molecule has 1 N–H and O–H groups in total. The molecule has 0 aliphatic rings. The molecular weight excluding hydrogens is 333 g/mol. The van der Waals surface area contributed by atoms with Crippen LogP contribution in [-0.2, 0) is 0 Å². The highest BCUT2D eigenvalue weighted by atomic mass is 79.9. The maximum Gasteiger partial charge on any atom is 0.149 e. The highest BCUT2D eigenvalue weighted by Crippen LogP contribution is 2.26. The minimum Gasteiger partial charge on any atom is -0.337 e. The highest BCUT2D eigenvalue weighted by molar-refractivity contribution is 9.10. The molecule has 0 fully saturated rings. The first-order valence-corrected chi connectivity index (χ1v) is 6.98. The van der Waals surface area contributed by atoms with E-state index in [2.05, 4.69) is 32.3 Å². The van der Waals surface area contributed by atoms with Crippen molar-refractivity contribution in [3.05, 3.63) is 64.4 Å². The van der Waals surface area contributed by atoms with Gasteiger partial charge in [-0.05, 0) is 30.3 Å². The van der Waals surface area contributed by atoms with Crippen LogP contribution in [0.1, 0.15) is 5.56 Å². The topological polar surface area (TPSA) is 48.7 Å². The van der Waals surface area contributed by atoms with E-state index in [4.69, 9.17) is 0 Å². The molecule has 102 valence electrons. The van der Waals surface area contributed by atoms with Crippen LogP contribution in [0.25, 0.3) is 10.9 Å². The third-order valence-electron chi connectivity index (χ3n) is 3.03. The summed E-state index contributed by atoms with van der Waals surface area (Å²) in [6.07, 6.45) is 0. The van der Waals surface area contributed by atoms with Gasteiger partial charge in [-0.2, -0.15) is 5.26 Å². The fraction of sp³-hybridized carbons (Fsp3) is 0. The highest BCUT2D eigenvalue weighted by Gasteiger charge is 2.09. The molecule has 0 saturated heterocycles. The van der Waals surface area contributed by atoms with Crippen LogP contribution in [0.2, 0.25) is 0 Å². The molecule has 0 aliphatic carbocycles. The molecule has 0 atom stereocenters. The van der Waals surface area contributed by atoms with Gasteiger partial charge in [-0.3, -0.25) is 0 Å². The summed E-state index contributed by atoms with van der Waals surface area (Å²) in [6.45, 7) is 0. The average molecular weight is 342 g/mol. The number of para-hydroxylation sites is 1. The summed E-state index contributed by atoms with van der Waals surface area (Å²) in [4.78, 5) is 4.39. The molecule has 3 nitrogen and oxygen atoms in total. The van der Waals surface area contributed by atoms with E-state index in [-0.39, 0.29) is 5.69 Å². The molecule has 0 unspecified atom stereocenters. The van der Waals surface area contributed by atoms with Crippen molar-refractivity contribution in [1.82, 2.24) is 4.98 Å². The summed E-state index contributed by atoms with van der Waals surface area (Å²) in [6, 6.07) is 16.0. The van der Waals surface area contributed by atoms with Crippen LogP contribution < -0.4 is 5.32 Å². The van der Waals surface area contributed by atoms with Gasteiger partial charge in [0.1, 0.15) is 17.7 Å². The van der Waals surface area contributed by atoms with E-state index in [0.29, 0.717) is 15.9 Å². The fourth-order valence-electron chi connectivity index (χ4n) is 2.01. The van der Waals surface area contributed by atoms with E-state index in [1.807, 2.05) is 24.3 Å². The van der Waals surface area contributed by atoms with Crippen molar-refractivity contribution in [2.45, 2.75) is 0 Å². The van der Waals surface area contributed by atoms with Crippen LogP contribution in [-0.4, -0.2) is 4.98 Å². The third kappa shape index (κ3) is 2.71. The molecule has 3 rings (SSSR count). The van der Waals surface area contributed by atoms with Gasteiger partial charge in [0.2, 0.25) is 0 Å². The Morgan fingerprint density at radius 3 is 2.71 bits per heavy atom. The number of fused-ring (bicyclic) bond motifs is 1. The molecule has 0 bridgehead atoms. The molecule has 0 radical (unpaired) electrons. The summed E-state index contributed by atoms with van der Waals surface area (Å²) in [5.41, 5.74) is 1.39. The maximum absolute atomic E-state index is 13.9. The Hall–Kier alpha value is -2.45. The van der Waals surface area contributed by atoms with E-state index in [1.54, 1.807) is 18.2 Å². The van der Waals surface area contributed by atoms with Crippen molar-refractivity contribution in [2.24, 2.45) is 0 Å². The van der Waals surface area contributed by atoms with Gasteiger partial charge in [0, 0.05) is 9.86 Å². The van der Waals surface area contributed by atoms with E-state index in [1.165, 1.54) is 6.07 Å². The summed E-state index contributed by atoms with van der Waals surface area (Å²) >= 11 is 3.21. The number of pyridine rings is 1. The van der Waals surface area contributed by atoms with Gasteiger partial charge in [0.15, 0.2) is 0 Å². The van der Waals surface area contributed by atoms with Gasteiger partial charge < -0.3 is 5.32 Å². The SMILES string of the molecule is N#Cc1cc2ccccc2nc1Nc1ccc(Br)cc1F. The quantitative estimate of drug-likeness (QED) is 0.731. The largest absolute Gasteiger partial charge is 0.337 e. The lowest BCUT2D eigenvalue weighted by Gasteiger charge is -2.10. The number of hydrogen-bond acceptors (Lipinski definition) is 3. The van der Waals surface area contributed by atoms with Crippen molar-refractivity contribution in [3.63, 3.8) is 0 Å². The number of aromatic nitrogens is 1. The number of halogens is 2. The first kappa shape index (κ1) is 13.5. The Balaban J connectivity index is 2.09. The molecule has 21 heavy (non-hydrogen) atoms. The second-order valence-electron chi connectivity index (χ2n) is 4.44. The van der Waals surface area contributed by atoms with Gasteiger partial charge in [0.05, 0.1) is 16.8 Å². The van der Waals surface area contributed by atoms with Crippen molar-refractivity contribution < 1.29 is 4.39 Å². The van der Waals surface area contributed by atoms with Crippen LogP contribution in [0.15, 0.2) is 53.0 Å². The fourth-order valence-corrected chi connectivity index (χ4v) is 2.35. The van der Waals surface area contributed by atoms with Gasteiger partial charge in [-0.1, -0.05) is 34.1 Å². The molecule has 2 aromatic carbocycles.